The number of methoxy groups -OCH3 is 2. The van der Waals surface area contributed by atoms with Gasteiger partial charge >= 0.3 is 4.87 Å². The summed E-state index contributed by atoms with van der Waals surface area (Å²) in [5, 5.41) is 11.9. The van der Waals surface area contributed by atoms with Crippen LogP contribution in [0.2, 0.25) is 0 Å². The summed E-state index contributed by atoms with van der Waals surface area (Å²) in [6.07, 6.45) is 0. The van der Waals surface area contributed by atoms with E-state index >= 15 is 0 Å². The lowest BCUT2D eigenvalue weighted by Crippen LogP contribution is -2.33. The Morgan fingerprint density at radius 3 is 2.30 bits per heavy atom. The average molecular weight is 618 g/mol. The molecular weight excluding hydrogens is 590 g/mol. The number of ether oxygens (including phenoxy) is 2. The van der Waals surface area contributed by atoms with E-state index in [1.165, 1.54) is 35.8 Å². The Hall–Kier alpha value is -4.55. The normalized spacial score (nSPS) is 19.1. The van der Waals surface area contributed by atoms with Gasteiger partial charge in [0, 0.05) is 16.5 Å². The van der Waals surface area contributed by atoms with Gasteiger partial charge < -0.3 is 19.9 Å². The average Bonchev–Trinajstić information content (AvgIpc) is 3.44. The predicted molar refractivity (Wildman–Crippen MR) is 164 cm³/mol. The number of nitrogens with one attached hydrogen (secondary N) is 1. The van der Waals surface area contributed by atoms with Crippen LogP contribution < -0.4 is 24.6 Å². The van der Waals surface area contributed by atoms with Gasteiger partial charge in [0.05, 0.1) is 30.9 Å². The highest BCUT2D eigenvalue weighted by molar-refractivity contribution is 8.00. The molecule has 220 valence electrons. The molecule has 3 heterocycles. The Labute approximate surface area is 254 Å². The maximum Gasteiger partial charge on any atom is 0.308 e. The molecular formula is C31H27N3O7S2. The molecule has 3 aromatic carbocycles. The molecule has 1 fully saturated rings. The van der Waals surface area contributed by atoms with Gasteiger partial charge in [-0.1, -0.05) is 46.9 Å². The highest BCUT2D eigenvalue weighted by Crippen LogP contribution is 2.54. The number of fused-ring (bicyclic) bond motifs is 2. The number of phenolic OH excluding ortho intramolecular Hbond substituents is 1. The van der Waals surface area contributed by atoms with Gasteiger partial charge in [-0.3, -0.25) is 23.7 Å². The fraction of sp³-hybridized carbons (Fsp3) is 0.226. The number of imide groups is 1. The lowest BCUT2D eigenvalue weighted by Gasteiger charge is -2.31. The first-order valence-electron chi connectivity index (χ1n) is 13.4. The molecule has 0 saturated carbocycles. The summed E-state index contributed by atoms with van der Waals surface area (Å²) >= 11 is 2.11. The van der Waals surface area contributed by atoms with E-state index in [9.17, 15) is 24.3 Å². The topological polar surface area (TPSA) is 127 Å². The Balaban J connectivity index is 1.43. The van der Waals surface area contributed by atoms with E-state index in [2.05, 4.69) is 5.32 Å². The van der Waals surface area contributed by atoms with Crippen molar-refractivity contribution in [2.45, 2.75) is 29.7 Å². The summed E-state index contributed by atoms with van der Waals surface area (Å²) in [7, 11) is 3.04. The minimum Gasteiger partial charge on any atom is -0.508 e. The zero-order valence-electron chi connectivity index (χ0n) is 23.4. The number of thiazole rings is 1. The van der Waals surface area contributed by atoms with E-state index in [1.54, 1.807) is 42.5 Å². The van der Waals surface area contributed by atoms with Gasteiger partial charge in [0.25, 0.3) is 0 Å². The summed E-state index contributed by atoms with van der Waals surface area (Å²) in [5.74, 6) is -1.61. The number of aromatic nitrogens is 1. The summed E-state index contributed by atoms with van der Waals surface area (Å²) < 4.78 is 12.3. The molecule has 2 N–H and O–H groups in total. The van der Waals surface area contributed by atoms with E-state index < -0.39 is 23.0 Å². The van der Waals surface area contributed by atoms with Crippen LogP contribution in [0.3, 0.4) is 0 Å². The second kappa shape index (κ2) is 11.3. The van der Waals surface area contributed by atoms with Crippen LogP contribution in [-0.4, -0.2) is 46.9 Å². The van der Waals surface area contributed by atoms with Crippen LogP contribution in [0.5, 0.6) is 17.2 Å². The number of anilines is 2. The molecule has 1 saturated heterocycles. The Morgan fingerprint density at radius 1 is 0.930 bits per heavy atom. The summed E-state index contributed by atoms with van der Waals surface area (Å²) in [5.41, 5.74) is 2.62. The molecule has 0 spiro atoms. The van der Waals surface area contributed by atoms with E-state index in [1.807, 2.05) is 19.1 Å². The van der Waals surface area contributed by atoms with Gasteiger partial charge in [0.1, 0.15) is 17.5 Å². The van der Waals surface area contributed by atoms with Crippen LogP contribution in [0.25, 0.3) is 0 Å². The van der Waals surface area contributed by atoms with Gasteiger partial charge in [-0.05, 0) is 61.0 Å². The molecule has 3 atom stereocenters. The Bertz CT molecular complexity index is 1800. The molecule has 0 radical (unpaired) electrons. The van der Waals surface area contributed by atoms with Crippen molar-refractivity contribution in [3.05, 3.63) is 92.4 Å². The quantitative estimate of drug-likeness (QED) is 0.231. The molecule has 2 aliphatic rings. The van der Waals surface area contributed by atoms with Crippen molar-refractivity contribution in [1.82, 2.24) is 4.57 Å². The van der Waals surface area contributed by atoms with Crippen molar-refractivity contribution in [3.63, 3.8) is 0 Å². The third-order valence-electron chi connectivity index (χ3n) is 7.56. The van der Waals surface area contributed by atoms with Crippen LogP contribution in [-0.2, 0) is 20.9 Å². The molecule has 4 aromatic rings. The standard InChI is InChI=1S/C31H27N3O7S2/c1-16-4-9-19(10-5-16)34-28(37)25-24(17-6-13-21(40-2)22(14-17)41-3)27-30(42-26(25)29(34)38)33(31(39)43-27)15-23(36)32-18-7-11-20(35)12-8-18/h4-14,24-26,35H,15H2,1-3H3,(H,32,36)/t24-,25-,26+/m0/s1. The number of rotatable bonds is 7. The second-order valence-corrected chi connectivity index (χ2v) is 12.3. The zero-order valence-corrected chi connectivity index (χ0v) is 25.0. The Kier molecular flexibility index (Phi) is 7.49. The molecule has 0 aliphatic carbocycles. The number of hydrogen-bond acceptors (Lipinski definition) is 9. The summed E-state index contributed by atoms with van der Waals surface area (Å²) in [4.78, 5) is 55.8. The fourth-order valence-electron chi connectivity index (χ4n) is 5.50. The maximum absolute atomic E-state index is 14.1. The van der Waals surface area contributed by atoms with Gasteiger partial charge in [-0.15, -0.1) is 0 Å². The van der Waals surface area contributed by atoms with Crippen molar-refractivity contribution < 1.29 is 29.0 Å². The monoisotopic (exact) mass is 617 g/mol. The Morgan fingerprint density at radius 2 is 1.63 bits per heavy atom. The van der Waals surface area contributed by atoms with Crippen LogP contribution >= 0.6 is 23.1 Å². The number of benzene rings is 3. The molecule has 3 amide bonds. The zero-order chi connectivity index (χ0) is 30.4. The summed E-state index contributed by atoms with van der Waals surface area (Å²) in [6.45, 7) is 1.63. The third-order valence-corrected chi connectivity index (χ3v) is 10.2. The van der Waals surface area contributed by atoms with Gasteiger partial charge in [0.2, 0.25) is 17.7 Å². The van der Waals surface area contributed by atoms with Crippen molar-refractivity contribution >= 4 is 52.2 Å². The first-order chi connectivity index (χ1) is 20.7. The van der Waals surface area contributed by atoms with Crippen LogP contribution in [0.15, 0.2) is 76.6 Å². The van der Waals surface area contributed by atoms with Crippen molar-refractivity contribution in [2.75, 3.05) is 24.4 Å². The molecule has 6 rings (SSSR count). The smallest absolute Gasteiger partial charge is 0.308 e. The second-order valence-electron chi connectivity index (χ2n) is 10.2. The van der Waals surface area contributed by atoms with Crippen molar-refractivity contribution in [3.8, 4) is 17.2 Å². The SMILES string of the molecule is COc1ccc([C@@H]2c3sc(=O)n(CC(=O)Nc4ccc(O)cc4)c3S[C@H]3C(=O)N(c4ccc(C)cc4)C(=O)[C@@H]23)cc1OC. The number of thioether (sulfide) groups is 1. The third kappa shape index (κ3) is 5.06. The fourth-order valence-corrected chi connectivity index (χ4v) is 8.27. The summed E-state index contributed by atoms with van der Waals surface area (Å²) in [6, 6.07) is 18.5. The highest BCUT2D eigenvalue weighted by Gasteiger charge is 2.57. The van der Waals surface area contributed by atoms with Crippen molar-refractivity contribution in [2.24, 2.45) is 5.92 Å². The lowest BCUT2D eigenvalue weighted by atomic mass is 9.83. The lowest BCUT2D eigenvalue weighted by molar-refractivity contribution is -0.122. The molecule has 12 heteroatoms. The van der Waals surface area contributed by atoms with E-state index in [-0.39, 0.29) is 29.0 Å². The van der Waals surface area contributed by atoms with E-state index in [0.29, 0.717) is 38.3 Å². The number of carbonyl (C=O) groups is 3. The molecule has 43 heavy (non-hydrogen) atoms. The number of hydrogen-bond donors (Lipinski definition) is 2. The number of amides is 3. The predicted octanol–water partition coefficient (Wildman–Crippen LogP) is 4.38. The number of nitrogens with zero attached hydrogens (tertiary/aromatic N) is 2. The van der Waals surface area contributed by atoms with E-state index in [0.717, 1.165) is 28.7 Å². The molecule has 1 aromatic heterocycles. The number of phenols is 1. The number of aryl methyl sites for hydroxylation is 1. The van der Waals surface area contributed by atoms with Crippen LogP contribution in [0.1, 0.15) is 21.9 Å². The van der Waals surface area contributed by atoms with Crippen LogP contribution in [0.4, 0.5) is 11.4 Å². The van der Waals surface area contributed by atoms with Gasteiger partial charge in [-0.2, -0.15) is 0 Å². The molecule has 10 nitrogen and oxygen atoms in total. The van der Waals surface area contributed by atoms with Gasteiger partial charge in [-0.25, -0.2) is 4.90 Å². The number of carbonyl (C=O) groups excluding carboxylic acids is 3. The van der Waals surface area contributed by atoms with Crippen molar-refractivity contribution in [1.29, 1.82) is 0 Å². The maximum atomic E-state index is 14.1. The highest BCUT2D eigenvalue weighted by atomic mass is 32.2. The first-order valence-corrected chi connectivity index (χ1v) is 15.0. The molecule has 0 unspecified atom stereocenters. The van der Waals surface area contributed by atoms with Gasteiger partial charge in [0.15, 0.2) is 11.5 Å². The molecule has 0 bridgehead atoms. The first kappa shape index (κ1) is 28.6. The molecule has 2 aliphatic heterocycles. The minimum absolute atomic E-state index is 0.0590. The van der Waals surface area contributed by atoms with Crippen LogP contribution in [0, 0.1) is 12.8 Å². The van der Waals surface area contributed by atoms with E-state index in [4.69, 9.17) is 9.47 Å². The largest absolute Gasteiger partial charge is 0.508 e. The number of aromatic hydroxyl groups is 1. The minimum atomic E-state index is -0.820.